The van der Waals surface area contributed by atoms with Gasteiger partial charge in [0.2, 0.25) is 0 Å². The van der Waals surface area contributed by atoms with Gasteiger partial charge in [-0.2, -0.15) is 0 Å². The molecule has 0 bridgehead atoms. The minimum Gasteiger partial charge on any atom is -0.457 e. The Kier molecular flexibility index (Phi) is 11.3. The molecule has 0 fully saturated rings. The zero-order valence-corrected chi connectivity index (χ0v) is 42.0. The summed E-state index contributed by atoms with van der Waals surface area (Å²) in [5, 5.41) is 2.36. The van der Waals surface area contributed by atoms with Gasteiger partial charge in [-0.25, -0.2) is 4.98 Å². The number of rotatable bonds is 9. The summed E-state index contributed by atoms with van der Waals surface area (Å²) in [5.41, 5.74) is 12.6. The number of hydrogen-bond acceptors (Lipinski definition) is 4. The highest BCUT2D eigenvalue weighted by Gasteiger charge is 2.34. The van der Waals surface area contributed by atoms with Crippen molar-refractivity contribution in [1.82, 2.24) is 9.55 Å². The van der Waals surface area contributed by atoms with E-state index in [1.807, 2.05) is 6.20 Å². The molecule has 2 aromatic heterocycles. The zero-order valence-electron chi connectivity index (χ0n) is 42.0. The van der Waals surface area contributed by atoms with E-state index in [0.717, 1.165) is 39.4 Å². The predicted molar refractivity (Wildman–Crippen MR) is 283 cm³/mol. The second-order valence-electron chi connectivity index (χ2n) is 22.8. The number of ether oxygens (including phenoxy) is 1. The normalized spacial score (nSPS) is 14.0. The molecule has 5 heteroatoms. The van der Waals surface area contributed by atoms with Gasteiger partial charge < -0.3 is 14.5 Å². The molecule has 6 aromatic carbocycles. The minimum atomic E-state index is -0.313. The van der Waals surface area contributed by atoms with Crippen LogP contribution in [0, 0.1) is 5.41 Å². The second kappa shape index (κ2) is 16.6. The number of anilines is 2. The first-order valence-corrected chi connectivity index (χ1v) is 24.0. The van der Waals surface area contributed by atoms with Crippen LogP contribution < -0.4 is 14.5 Å². The van der Waals surface area contributed by atoms with Gasteiger partial charge >= 0.3 is 0 Å². The maximum atomic E-state index is 7.15. The Morgan fingerprint density at radius 2 is 1.04 bits per heavy atom. The third-order valence-corrected chi connectivity index (χ3v) is 14.1. The molecule has 0 unspecified atom stereocenters. The van der Waals surface area contributed by atoms with Crippen molar-refractivity contribution in [3.05, 3.63) is 203 Å². The summed E-state index contributed by atoms with van der Waals surface area (Å²) in [6, 6.07) is 55.3. The van der Waals surface area contributed by atoms with Crippen LogP contribution in [0.2, 0.25) is 0 Å². The Morgan fingerprint density at radius 3 is 1.69 bits per heavy atom. The average Bonchev–Trinajstić information content (AvgIpc) is 3.90. The summed E-state index contributed by atoms with van der Waals surface area (Å²) in [5.74, 6) is 2.44. The van der Waals surface area contributed by atoms with Gasteiger partial charge in [0, 0.05) is 68.6 Å². The van der Waals surface area contributed by atoms with E-state index >= 15 is 0 Å². The Hall–Kier alpha value is -6.59. The molecule has 342 valence electrons. The van der Waals surface area contributed by atoms with Crippen LogP contribution in [0.3, 0.4) is 0 Å². The molecule has 9 rings (SSSR count). The van der Waals surface area contributed by atoms with Crippen molar-refractivity contribution in [2.75, 3.05) is 16.5 Å². The van der Waals surface area contributed by atoms with Crippen LogP contribution in [-0.4, -0.2) is 16.2 Å². The highest BCUT2D eigenvalue weighted by molar-refractivity contribution is 6.09. The van der Waals surface area contributed by atoms with Gasteiger partial charge in [0.1, 0.15) is 17.3 Å². The molecule has 0 atom stereocenters. The summed E-state index contributed by atoms with van der Waals surface area (Å²) in [6.07, 6.45) is 4.30. The second-order valence-corrected chi connectivity index (χ2v) is 22.8. The molecule has 3 heterocycles. The fourth-order valence-electron chi connectivity index (χ4n) is 9.66. The molecule has 0 aliphatic carbocycles. The van der Waals surface area contributed by atoms with Crippen LogP contribution >= 0.6 is 0 Å². The first-order valence-electron chi connectivity index (χ1n) is 24.0. The van der Waals surface area contributed by atoms with Gasteiger partial charge in [0.05, 0.1) is 17.7 Å². The fourth-order valence-corrected chi connectivity index (χ4v) is 9.66. The molecule has 0 saturated heterocycles. The van der Waals surface area contributed by atoms with Crippen molar-refractivity contribution in [2.24, 2.45) is 5.41 Å². The predicted octanol–water partition coefficient (Wildman–Crippen LogP) is 16.4. The van der Waals surface area contributed by atoms with Crippen molar-refractivity contribution < 1.29 is 4.74 Å². The Labute approximate surface area is 399 Å². The van der Waals surface area contributed by atoms with Crippen molar-refractivity contribution in [3.8, 4) is 17.3 Å². The van der Waals surface area contributed by atoms with Crippen LogP contribution in [-0.2, 0) is 21.7 Å². The molecule has 0 N–H and O–H groups in total. The lowest BCUT2D eigenvalue weighted by atomic mass is 9.78. The molecular weight excluding hydrogens is 817 g/mol. The van der Waals surface area contributed by atoms with Crippen molar-refractivity contribution >= 4 is 33.2 Å². The Bertz CT molecular complexity index is 3130. The van der Waals surface area contributed by atoms with E-state index in [4.69, 9.17) is 9.72 Å². The van der Waals surface area contributed by atoms with E-state index in [0.29, 0.717) is 6.67 Å². The molecule has 0 saturated carbocycles. The summed E-state index contributed by atoms with van der Waals surface area (Å²) < 4.78 is 9.47. The van der Waals surface area contributed by atoms with E-state index in [1.165, 1.54) is 50.2 Å². The lowest BCUT2D eigenvalue weighted by molar-refractivity contribution is 0.478. The highest BCUT2D eigenvalue weighted by atomic mass is 16.5. The SMILES string of the molecule is CC(C)(C)C1=CN(c2cccc(C(C)(C)C)c2)CN1c1cc(Oc2ccc3c4cc(C(C)(C)C)ccc4n(-c4cc(C(C)(C)c5ccccc5)ccn4)c3c2)cc(C(C)(C)c2ccccc2)c1. The summed E-state index contributed by atoms with van der Waals surface area (Å²) in [4.78, 5) is 9.95. The van der Waals surface area contributed by atoms with E-state index in [9.17, 15) is 0 Å². The quantitative estimate of drug-likeness (QED) is 0.145. The number of pyridine rings is 1. The lowest BCUT2D eigenvalue weighted by Gasteiger charge is -2.33. The molecule has 8 aromatic rings. The van der Waals surface area contributed by atoms with Gasteiger partial charge in [-0.1, -0.05) is 169 Å². The largest absolute Gasteiger partial charge is 0.457 e. The molecule has 0 spiro atoms. The molecule has 5 nitrogen and oxygen atoms in total. The number of allylic oxidation sites excluding steroid dienone is 1. The molecule has 67 heavy (non-hydrogen) atoms. The number of hydrogen-bond donors (Lipinski definition) is 0. The van der Waals surface area contributed by atoms with E-state index in [2.05, 4.69) is 262 Å². The standard InChI is InChI=1S/C62H68N4O/c1-58(2,3)44-25-20-26-48(33-44)64-40-56(60(7,8)9)65(41-64)49-34-47(62(12,13)43-23-18-15-19-24-43)35-51(38-49)67-50-28-29-52-53-36-45(59(4,5)6)27-30-54(53)66(55(52)39-50)57-37-46(31-32-63-57)61(10,11)42-21-16-14-17-22-42/h14-40H,41H2,1-13H3. The van der Waals surface area contributed by atoms with E-state index in [-0.39, 0.29) is 27.1 Å². The summed E-state index contributed by atoms with van der Waals surface area (Å²) in [6.45, 7) is 30.5. The van der Waals surface area contributed by atoms with Crippen LogP contribution in [0.1, 0.15) is 123 Å². The average molecular weight is 885 g/mol. The Balaban J connectivity index is 1.18. The number of aromatic nitrogens is 2. The highest BCUT2D eigenvalue weighted by Crippen LogP contribution is 2.45. The van der Waals surface area contributed by atoms with Gasteiger partial charge in [-0.05, 0) is 105 Å². The van der Waals surface area contributed by atoms with Crippen molar-refractivity contribution in [3.63, 3.8) is 0 Å². The first kappa shape index (κ1) is 45.6. The molecular formula is C62H68N4O. The maximum Gasteiger partial charge on any atom is 0.137 e. The third-order valence-electron chi connectivity index (χ3n) is 14.1. The van der Waals surface area contributed by atoms with Crippen LogP contribution in [0.25, 0.3) is 27.6 Å². The van der Waals surface area contributed by atoms with Gasteiger partial charge in [0.15, 0.2) is 0 Å². The smallest absolute Gasteiger partial charge is 0.137 e. The number of nitrogens with zero attached hydrogens (tertiary/aromatic N) is 4. The van der Waals surface area contributed by atoms with Crippen molar-refractivity contribution in [1.29, 1.82) is 0 Å². The fraction of sp³-hybridized carbons (Fsp3) is 0.306. The molecule has 1 aliphatic heterocycles. The summed E-state index contributed by atoms with van der Waals surface area (Å²) >= 11 is 0. The summed E-state index contributed by atoms with van der Waals surface area (Å²) in [7, 11) is 0. The van der Waals surface area contributed by atoms with E-state index < -0.39 is 0 Å². The van der Waals surface area contributed by atoms with E-state index in [1.54, 1.807) is 0 Å². The number of fused-ring (bicyclic) bond motifs is 3. The Morgan fingerprint density at radius 1 is 0.433 bits per heavy atom. The van der Waals surface area contributed by atoms with Crippen molar-refractivity contribution in [2.45, 2.75) is 112 Å². The van der Waals surface area contributed by atoms with Crippen LogP contribution in [0.5, 0.6) is 11.5 Å². The third kappa shape index (κ3) is 8.77. The van der Waals surface area contributed by atoms with Crippen LogP contribution in [0.4, 0.5) is 11.4 Å². The monoisotopic (exact) mass is 885 g/mol. The maximum absolute atomic E-state index is 7.15. The molecule has 0 radical (unpaired) electrons. The van der Waals surface area contributed by atoms with Gasteiger partial charge in [0.25, 0.3) is 0 Å². The lowest BCUT2D eigenvalue weighted by Crippen LogP contribution is -2.31. The first-order chi connectivity index (χ1) is 31.6. The minimum absolute atomic E-state index is 0.00926. The molecule has 1 aliphatic rings. The van der Waals surface area contributed by atoms with Gasteiger partial charge in [-0.3, -0.25) is 4.57 Å². The van der Waals surface area contributed by atoms with Crippen LogP contribution in [0.15, 0.2) is 170 Å². The molecule has 0 amide bonds. The topological polar surface area (TPSA) is 33.5 Å². The number of benzene rings is 6. The van der Waals surface area contributed by atoms with Gasteiger partial charge in [-0.15, -0.1) is 0 Å². The zero-order chi connectivity index (χ0) is 47.7.